The summed E-state index contributed by atoms with van der Waals surface area (Å²) in [5.74, 6) is -1.14. The molecule has 0 aliphatic heterocycles. The molecule has 4 nitrogen and oxygen atoms in total. The lowest BCUT2D eigenvalue weighted by Crippen LogP contribution is -2.00. The molecule has 2 rings (SSSR count). The number of benzene rings is 1. The maximum atomic E-state index is 13.3. The van der Waals surface area contributed by atoms with Crippen molar-refractivity contribution >= 4 is 11.5 Å². The highest BCUT2D eigenvalue weighted by molar-refractivity contribution is 5.62. The molecule has 0 amide bonds. The van der Waals surface area contributed by atoms with Crippen LogP contribution < -0.4 is 5.32 Å². The molecule has 6 heteroatoms. The van der Waals surface area contributed by atoms with Gasteiger partial charge in [0, 0.05) is 6.07 Å². The molecule has 1 aromatic heterocycles. The number of nitrogens with one attached hydrogen (secondary N) is 1. The molecule has 0 fully saturated rings. The van der Waals surface area contributed by atoms with Crippen molar-refractivity contribution in [2.75, 3.05) is 5.32 Å². The Labute approximate surface area is 95.5 Å². The van der Waals surface area contributed by atoms with Crippen LogP contribution >= 0.6 is 0 Å². The summed E-state index contributed by atoms with van der Waals surface area (Å²) in [6, 6.07) is 6.26. The Hall–Kier alpha value is -2.55. The lowest BCUT2D eigenvalue weighted by molar-refractivity contribution is 0.603. The third kappa shape index (κ3) is 2.34. The summed E-state index contributed by atoms with van der Waals surface area (Å²) < 4.78 is 26.3. The third-order valence-corrected chi connectivity index (χ3v) is 2.02. The predicted molar refractivity (Wildman–Crippen MR) is 56.4 cm³/mol. The number of nitrogens with zero attached hydrogens (tertiary/aromatic N) is 3. The molecular formula is C11H6F2N4. The zero-order chi connectivity index (χ0) is 12.3. The molecule has 0 aliphatic carbocycles. The number of rotatable bonds is 2. The second-order valence-electron chi connectivity index (χ2n) is 3.15. The maximum absolute atomic E-state index is 13.3. The van der Waals surface area contributed by atoms with Crippen molar-refractivity contribution in [3.05, 3.63) is 47.7 Å². The molecule has 0 atom stereocenters. The van der Waals surface area contributed by atoms with Crippen LogP contribution in [0.15, 0.2) is 30.5 Å². The van der Waals surface area contributed by atoms with Gasteiger partial charge in [0.05, 0.1) is 17.4 Å². The van der Waals surface area contributed by atoms with Crippen LogP contribution in [-0.4, -0.2) is 10.2 Å². The van der Waals surface area contributed by atoms with Crippen molar-refractivity contribution in [1.29, 1.82) is 5.26 Å². The Morgan fingerprint density at radius 3 is 2.82 bits per heavy atom. The summed E-state index contributed by atoms with van der Waals surface area (Å²) in [6.45, 7) is 0. The van der Waals surface area contributed by atoms with Crippen molar-refractivity contribution in [3.8, 4) is 6.07 Å². The fraction of sp³-hybridized carbons (Fsp3) is 0. The summed E-state index contributed by atoms with van der Waals surface area (Å²) in [5.41, 5.74) is 0.102. The quantitative estimate of drug-likeness (QED) is 0.863. The summed E-state index contributed by atoms with van der Waals surface area (Å²) in [5, 5.41) is 18.5. The van der Waals surface area contributed by atoms with Gasteiger partial charge in [-0.2, -0.15) is 10.4 Å². The van der Waals surface area contributed by atoms with Crippen molar-refractivity contribution in [1.82, 2.24) is 10.2 Å². The van der Waals surface area contributed by atoms with Gasteiger partial charge in [-0.3, -0.25) is 0 Å². The van der Waals surface area contributed by atoms with E-state index in [2.05, 4.69) is 15.5 Å². The number of halogens is 2. The lowest BCUT2D eigenvalue weighted by Gasteiger charge is -2.06. The highest BCUT2D eigenvalue weighted by Gasteiger charge is 2.08. The van der Waals surface area contributed by atoms with Crippen molar-refractivity contribution in [3.63, 3.8) is 0 Å². The van der Waals surface area contributed by atoms with Crippen molar-refractivity contribution in [2.45, 2.75) is 0 Å². The average molecular weight is 232 g/mol. The average Bonchev–Trinajstić information content (AvgIpc) is 2.34. The Kier molecular flexibility index (Phi) is 2.92. The maximum Gasteiger partial charge on any atom is 0.171 e. The largest absolute Gasteiger partial charge is 0.335 e. The van der Waals surface area contributed by atoms with Gasteiger partial charge >= 0.3 is 0 Å². The first-order valence-electron chi connectivity index (χ1n) is 4.64. The van der Waals surface area contributed by atoms with Gasteiger partial charge in [-0.15, -0.1) is 5.10 Å². The molecule has 1 aromatic carbocycles. The second kappa shape index (κ2) is 4.53. The van der Waals surface area contributed by atoms with E-state index in [9.17, 15) is 8.78 Å². The van der Waals surface area contributed by atoms with E-state index in [4.69, 9.17) is 5.26 Å². The topological polar surface area (TPSA) is 61.6 Å². The van der Waals surface area contributed by atoms with Gasteiger partial charge in [0.1, 0.15) is 17.7 Å². The Bertz CT molecular complexity index is 592. The molecule has 0 bridgehead atoms. The Balaban J connectivity index is 2.38. The predicted octanol–water partition coefficient (Wildman–Crippen LogP) is 2.37. The van der Waals surface area contributed by atoms with E-state index in [1.54, 1.807) is 0 Å². The van der Waals surface area contributed by atoms with Crippen LogP contribution in [0, 0.1) is 23.0 Å². The van der Waals surface area contributed by atoms with E-state index < -0.39 is 11.6 Å². The molecule has 0 saturated carbocycles. The molecule has 1 N–H and O–H groups in total. The SMILES string of the molecule is N#Cc1ccnnc1Nc1cc(F)ccc1F. The minimum atomic E-state index is -0.638. The van der Waals surface area contributed by atoms with Gasteiger partial charge in [-0.1, -0.05) is 0 Å². The molecule has 0 saturated heterocycles. The number of anilines is 2. The van der Waals surface area contributed by atoms with Crippen LogP contribution in [0.4, 0.5) is 20.3 Å². The zero-order valence-corrected chi connectivity index (χ0v) is 8.48. The fourth-order valence-corrected chi connectivity index (χ4v) is 1.24. The first kappa shape index (κ1) is 11.0. The van der Waals surface area contributed by atoms with Gasteiger partial charge in [0.2, 0.25) is 0 Å². The van der Waals surface area contributed by atoms with Crippen LogP contribution in [-0.2, 0) is 0 Å². The molecule has 0 spiro atoms. The molecule has 0 unspecified atom stereocenters. The van der Waals surface area contributed by atoms with Crippen molar-refractivity contribution in [2.24, 2.45) is 0 Å². The van der Waals surface area contributed by atoms with Gasteiger partial charge in [0.15, 0.2) is 5.82 Å². The van der Waals surface area contributed by atoms with Crippen LogP contribution in [0.1, 0.15) is 5.56 Å². The highest BCUT2D eigenvalue weighted by atomic mass is 19.1. The van der Waals surface area contributed by atoms with Crippen LogP contribution in [0.25, 0.3) is 0 Å². The zero-order valence-electron chi connectivity index (χ0n) is 8.48. The van der Waals surface area contributed by atoms with E-state index in [-0.39, 0.29) is 17.1 Å². The number of hydrogen-bond donors (Lipinski definition) is 1. The number of nitriles is 1. The standard InChI is InChI=1S/C11H6F2N4/c12-8-1-2-9(13)10(5-8)16-11-7(6-14)3-4-15-17-11/h1-5H,(H,16,17). The van der Waals surface area contributed by atoms with Gasteiger partial charge in [0.25, 0.3) is 0 Å². The second-order valence-corrected chi connectivity index (χ2v) is 3.15. The van der Waals surface area contributed by atoms with Gasteiger partial charge in [-0.05, 0) is 18.2 Å². The lowest BCUT2D eigenvalue weighted by atomic mass is 10.2. The van der Waals surface area contributed by atoms with E-state index in [0.29, 0.717) is 0 Å². The third-order valence-electron chi connectivity index (χ3n) is 2.02. The molecule has 0 radical (unpaired) electrons. The minimum absolute atomic E-state index is 0.0829. The monoisotopic (exact) mass is 232 g/mol. The molecule has 17 heavy (non-hydrogen) atoms. The first-order chi connectivity index (χ1) is 8.20. The summed E-state index contributed by atoms with van der Waals surface area (Å²) in [4.78, 5) is 0. The number of hydrogen-bond acceptors (Lipinski definition) is 4. The highest BCUT2D eigenvalue weighted by Crippen LogP contribution is 2.21. The first-order valence-corrected chi connectivity index (χ1v) is 4.64. The van der Waals surface area contributed by atoms with E-state index in [1.165, 1.54) is 12.3 Å². The molecule has 0 aliphatic rings. The molecular weight excluding hydrogens is 226 g/mol. The summed E-state index contributed by atoms with van der Waals surface area (Å²) in [6.07, 6.45) is 1.34. The van der Waals surface area contributed by atoms with Crippen LogP contribution in [0.5, 0.6) is 0 Å². The van der Waals surface area contributed by atoms with E-state index >= 15 is 0 Å². The van der Waals surface area contributed by atoms with E-state index in [1.807, 2.05) is 6.07 Å². The number of aromatic nitrogens is 2. The normalized spacial score (nSPS) is 9.71. The molecule has 1 heterocycles. The van der Waals surface area contributed by atoms with E-state index in [0.717, 1.165) is 18.2 Å². The van der Waals surface area contributed by atoms with Crippen LogP contribution in [0.2, 0.25) is 0 Å². The minimum Gasteiger partial charge on any atom is -0.335 e. The molecule has 84 valence electrons. The summed E-state index contributed by atoms with van der Waals surface area (Å²) >= 11 is 0. The molecule has 2 aromatic rings. The van der Waals surface area contributed by atoms with Gasteiger partial charge in [-0.25, -0.2) is 8.78 Å². The summed E-state index contributed by atoms with van der Waals surface area (Å²) in [7, 11) is 0. The van der Waals surface area contributed by atoms with Crippen LogP contribution in [0.3, 0.4) is 0 Å². The van der Waals surface area contributed by atoms with Gasteiger partial charge < -0.3 is 5.32 Å². The fourth-order valence-electron chi connectivity index (χ4n) is 1.24. The smallest absolute Gasteiger partial charge is 0.171 e. The Morgan fingerprint density at radius 1 is 1.24 bits per heavy atom. The Morgan fingerprint density at radius 2 is 2.06 bits per heavy atom. The van der Waals surface area contributed by atoms with Crippen molar-refractivity contribution < 1.29 is 8.78 Å².